The molecule has 0 aliphatic heterocycles. The number of ether oxygens (including phenoxy) is 2. The highest BCUT2D eigenvalue weighted by atomic mass is 79.9. The van der Waals surface area contributed by atoms with E-state index < -0.39 is 0 Å². The Balaban J connectivity index is 1.71. The highest BCUT2D eigenvalue weighted by Gasteiger charge is 2.15. The number of carbonyl (C=O) groups is 1. The van der Waals surface area contributed by atoms with Gasteiger partial charge >= 0.3 is 0 Å². The monoisotopic (exact) mass is 475 g/mol. The summed E-state index contributed by atoms with van der Waals surface area (Å²) in [6.07, 6.45) is 0.614. The first kappa shape index (κ1) is 21.4. The Bertz CT molecular complexity index is 989. The lowest BCUT2D eigenvalue weighted by molar-refractivity contribution is 0.102. The number of hydrogen-bond acceptors (Lipinski definition) is 6. The van der Waals surface area contributed by atoms with E-state index in [4.69, 9.17) is 9.47 Å². The van der Waals surface area contributed by atoms with Crippen LogP contribution in [0.3, 0.4) is 0 Å². The maximum absolute atomic E-state index is 12.4. The molecule has 0 saturated carbocycles. The van der Waals surface area contributed by atoms with Gasteiger partial charge in [0.2, 0.25) is 0 Å². The average molecular weight is 476 g/mol. The van der Waals surface area contributed by atoms with E-state index in [1.54, 1.807) is 14.2 Å². The van der Waals surface area contributed by atoms with Crippen LogP contribution in [0.2, 0.25) is 0 Å². The fourth-order valence-electron chi connectivity index (χ4n) is 2.90. The van der Waals surface area contributed by atoms with Gasteiger partial charge in [-0.05, 0) is 36.8 Å². The summed E-state index contributed by atoms with van der Waals surface area (Å²) < 4.78 is 13.7. The number of hydrogen-bond donors (Lipinski definition) is 0. The van der Waals surface area contributed by atoms with Gasteiger partial charge in [-0.1, -0.05) is 45.9 Å². The Kier molecular flexibility index (Phi) is 7.33. The van der Waals surface area contributed by atoms with Gasteiger partial charge < -0.3 is 14.0 Å². The molecule has 8 heteroatoms. The molecule has 0 amide bonds. The lowest BCUT2D eigenvalue weighted by Crippen LogP contribution is -2.07. The van der Waals surface area contributed by atoms with Gasteiger partial charge in [-0.3, -0.25) is 4.79 Å². The maximum Gasteiger partial charge on any atom is 0.191 e. The number of thioether (sulfide) groups is 1. The van der Waals surface area contributed by atoms with Crippen molar-refractivity contribution in [1.29, 1.82) is 0 Å². The predicted octanol–water partition coefficient (Wildman–Crippen LogP) is 4.64. The molecule has 0 radical (unpaired) electrons. The van der Waals surface area contributed by atoms with Crippen LogP contribution >= 0.6 is 27.7 Å². The summed E-state index contributed by atoms with van der Waals surface area (Å²) in [5, 5.41) is 9.39. The summed E-state index contributed by atoms with van der Waals surface area (Å²) in [6.45, 7) is 2.77. The van der Waals surface area contributed by atoms with Gasteiger partial charge in [0.15, 0.2) is 22.4 Å². The van der Waals surface area contributed by atoms with Crippen LogP contribution in [-0.4, -0.2) is 40.5 Å². The molecule has 3 aromatic rings. The van der Waals surface area contributed by atoms with Gasteiger partial charge in [-0.15, -0.1) is 10.2 Å². The van der Waals surface area contributed by atoms with Gasteiger partial charge in [-0.25, -0.2) is 0 Å². The molecule has 1 heterocycles. The molecule has 0 aliphatic rings. The van der Waals surface area contributed by atoms with E-state index in [1.807, 2.05) is 54.0 Å². The van der Waals surface area contributed by atoms with E-state index in [0.29, 0.717) is 29.2 Å². The van der Waals surface area contributed by atoms with Crippen molar-refractivity contribution in [3.05, 3.63) is 63.9 Å². The predicted molar refractivity (Wildman–Crippen MR) is 117 cm³/mol. The molecular formula is C21H22BrN3O3S. The lowest BCUT2D eigenvalue weighted by atomic mass is 10.1. The van der Waals surface area contributed by atoms with Crippen molar-refractivity contribution in [2.24, 2.45) is 0 Å². The second-order valence-corrected chi connectivity index (χ2v) is 8.09. The van der Waals surface area contributed by atoms with Crippen LogP contribution in [0.25, 0.3) is 0 Å². The third-order valence-corrected chi connectivity index (χ3v) is 5.91. The van der Waals surface area contributed by atoms with Crippen molar-refractivity contribution in [1.82, 2.24) is 14.8 Å². The lowest BCUT2D eigenvalue weighted by Gasteiger charge is -2.10. The molecule has 0 N–H and O–H groups in total. The molecule has 6 nitrogen and oxygen atoms in total. The van der Waals surface area contributed by atoms with Gasteiger partial charge in [0.1, 0.15) is 5.82 Å². The molecule has 2 aromatic carbocycles. The zero-order chi connectivity index (χ0) is 20.8. The Morgan fingerprint density at radius 1 is 1.07 bits per heavy atom. The van der Waals surface area contributed by atoms with E-state index in [-0.39, 0.29) is 5.78 Å². The minimum absolute atomic E-state index is 0.0644. The van der Waals surface area contributed by atoms with Crippen LogP contribution in [0.5, 0.6) is 11.5 Å². The van der Waals surface area contributed by atoms with Crippen molar-refractivity contribution in [3.63, 3.8) is 0 Å². The Hall–Kier alpha value is -2.32. The number of Topliss-reactive ketones (excluding diaryl/α,β-unsaturated/α-hetero) is 1. The first-order chi connectivity index (χ1) is 14.0. The normalized spacial score (nSPS) is 10.8. The van der Waals surface area contributed by atoms with E-state index in [9.17, 15) is 4.79 Å². The number of aromatic nitrogens is 3. The summed E-state index contributed by atoms with van der Waals surface area (Å²) in [4.78, 5) is 12.4. The number of halogens is 1. The molecule has 29 heavy (non-hydrogen) atoms. The highest BCUT2D eigenvalue weighted by molar-refractivity contribution is 9.10. The Labute approximate surface area is 182 Å². The standard InChI is InChI=1S/C21H22BrN3O3S/c1-4-25-20(12-14-5-10-18(27-2)19(11-14)28-3)23-24-21(25)29-13-17(26)15-6-8-16(22)9-7-15/h5-11H,4,12-13H2,1-3H3. The van der Waals surface area contributed by atoms with Crippen LogP contribution < -0.4 is 9.47 Å². The number of rotatable bonds is 9. The van der Waals surface area contributed by atoms with Crippen LogP contribution in [0.1, 0.15) is 28.7 Å². The smallest absolute Gasteiger partial charge is 0.191 e. The second-order valence-electron chi connectivity index (χ2n) is 6.23. The fourth-order valence-corrected chi connectivity index (χ4v) is 4.08. The number of nitrogens with zero attached hydrogens (tertiary/aromatic N) is 3. The molecule has 0 atom stereocenters. The van der Waals surface area contributed by atoms with E-state index in [0.717, 1.165) is 27.6 Å². The first-order valence-corrected chi connectivity index (χ1v) is 10.9. The average Bonchev–Trinajstić information content (AvgIpc) is 3.13. The first-order valence-electron chi connectivity index (χ1n) is 9.10. The quantitative estimate of drug-likeness (QED) is 0.331. The van der Waals surface area contributed by atoms with Crippen LogP contribution in [0.15, 0.2) is 52.1 Å². The molecule has 0 aliphatic carbocycles. The minimum Gasteiger partial charge on any atom is -0.493 e. The van der Waals surface area contributed by atoms with Crippen molar-refractivity contribution < 1.29 is 14.3 Å². The van der Waals surface area contributed by atoms with E-state index >= 15 is 0 Å². The number of methoxy groups -OCH3 is 2. The SMILES string of the molecule is CCn1c(Cc2ccc(OC)c(OC)c2)nnc1SCC(=O)c1ccc(Br)cc1. The molecule has 0 saturated heterocycles. The van der Waals surface area contributed by atoms with Crippen molar-refractivity contribution in [3.8, 4) is 11.5 Å². The van der Waals surface area contributed by atoms with E-state index in [2.05, 4.69) is 26.1 Å². The largest absolute Gasteiger partial charge is 0.493 e. The van der Waals surface area contributed by atoms with Crippen LogP contribution in [-0.2, 0) is 13.0 Å². The zero-order valence-corrected chi connectivity index (χ0v) is 18.9. The van der Waals surface area contributed by atoms with Crippen LogP contribution in [0.4, 0.5) is 0 Å². The molecule has 0 fully saturated rings. The molecule has 0 unspecified atom stereocenters. The van der Waals surface area contributed by atoms with Crippen LogP contribution in [0, 0.1) is 0 Å². The fraction of sp³-hybridized carbons (Fsp3) is 0.286. The summed E-state index contributed by atoms with van der Waals surface area (Å²) in [7, 11) is 3.23. The topological polar surface area (TPSA) is 66.2 Å². The number of carbonyl (C=O) groups excluding carboxylic acids is 1. The van der Waals surface area contributed by atoms with Crippen molar-refractivity contribution in [2.75, 3.05) is 20.0 Å². The Morgan fingerprint density at radius 3 is 2.45 bits per heavy atom. The van der Waals surface area contributed by atoms with Crippen molar-refractivity contribution in [2.45, 2.75) is 25.0 Å². The van der Waals surface area contributed by atoms with Crippen molar-refractivity contribution >= 4 is 33.5 Å². The molecule has 0 bridgehead atoms. The molecule has 1 aromatic heterocycles. The summed E-state index contributed by atoms with van der Waals surface area (Å²) >= 11 is 4.79. The van der Waals surface area contributed by atoms with Gasteiger partial charge in [-0.2, -0.15) is 0 Å². The summed E-state index contributed by atoms with van der Waals surface area (Å²) in [5.41, 5.74) is 1.74. The number of benzene rings is 2. The van der Waals surface area contributed by atoms with Gasteiger partial charge in [0, 0.05) is 23.0 Å². The third-order valence-electron chi connectivity index (χ3n) is 4.42. The molecule has 152 valence electrons. The van der Waals surface area contributed by atoms with Gasteiger partial charge in [0.05, 0.1) is 20.0 Å². The van der Waals surface area contributed by atoms with E-state index in [1.165, 1.54) is 11.8 Å². The number of ketones is 1. The summed E-state index contributed by atoms with van der Waals surface area (Å²) in [6, 6.07) is 13.2. The minimum atomic E-state index is 0.0644. The molecule has 3 rings (SSSR count). The summed E-state index contributed by atoms with van der Waals surface area (Å²) in [5.74, 6) is 2.60. The second kappa shape index (κ2) is 9.93. The molecular weight excluding hydrogens is 454 g/mol. The highest BCUT2D eigenvalue weighted by Crippen LogP contribution is 2.29. The molecule has 0 spiro atoms. The zero-order valence-electron chi connectivity index (χ0n) is 16.5. The maximum atomic E-state index is 12.4. The third kappa shape index (κ3) is 5.19. The Morgan fingerprint density at radius 2 is 1.79 bits per heavy atom. The van der Waals surface area contributed by atoms with Gasteiger partial charge in [0.25, 0.3) is 0 Å².